The smallest absolute Gasteiger partial charge is 0.165 e. The van der Waals surface area contributed by atoms with Crippen LogP contribution in [-0.4, -0.2) is 32.6 Å². The molecule has 4 aromatic rings. The van der Waals surface area contributed by atoms with Crippen LogP contribution in [0.5, 0.6) is 0 Å². The highest BCUT2D eigenvalue weighted by molar-refractivity contribution is 5.84. The molecule has 1 aliphatic rings. The predicted octanol–water partition coefficient (Wildman–Crippen LogP) is 4.85. The van der Waals surface area contributed by atoms with Crippen LogP contribution in [-0.2, 0) is 6.54 Å². The SMILES string of the molecule is NCCCCNCc1ccc(-n2c(-c3cccnc3N)nc3ccc(C4=CCCCC4)nc32)cc1. The molecule has 3 heterocycles. The van der Waals surface area contributed by atoms with Gasteiger partial charge in [0.15, 0.2) is 11.5 Å². The molecule has 0 amide bonds. The molecule has 35 heavy (non-hydrogen) atoms. The van der Waals surface area contributed by atoms with Crippen LogP contribution in [0.1, 0.15) is 49.8 Å². The molecule has 1 aliphatic carbocycles. The quantitative estimate of drug-likeness (QED) is 0.304. The molecule has 0 atom stereocenters. The summed E-state index contributed by atoms with van der Waals surface area (Å²) in [7, 11) is 0. The third kappa shape index (κ3) is 5.11. The number of pyridine rings is 2. The first-order valence-electron chi connectivity index (χ1n) is 12.5. The molecule has 7 nitrogen and oxygen atoms in total. The molecule has 0 aliphatic heterocycles. The molecule has 5 N–H and O–H groups in total. The van der Waals surface area contributed by atoms with Crippen LogP contribution in [0.4, 0.5) is 5.82 Å². The van der Waals surface area contributed by atoms with Gasteiger partial charge in [0.2, 0.25) is 0 Å². The van der Waals surface area contributed by atoms with Crippen molar-refractivity contribution in [2.75, 3.05) is 18.8 Å². The van der Waals surface area contributed by atoms with Crippen molar-refractivity contribution in [1.82, 2.24) is 24.8 Å². The van der Waals surface area contributed by atoms with Gasteiger partial charge in [-0.05, 0) is 99.1 Å². The third-order valence-corrected chi connectivity index (χ3v) is 6.54. The average molecular weight is 468 g/mol. The van der Waals surface area contributed by atoms with Crippen LogP contribution < -0.4 is 16.8 Å². The predicted molar refractivity (Wildman–Crippen MR) is 143 cm³/mol. The summed E-state index contributed by atoms with van der Waals surface area (Å²) in [5.41, 5.74) is 18.9. The fraction of sp³-hybridized carbons (Fsp3) is 0.321. The Morgan fingerprint density at radius 2 is 1.86 bits per heavy atom. The van der Waals surface area contributed by atoms with Gasteiger partial charge in [-0.3, -0.25) is 4.57 Å². The Morgan fingerprint density at radius 1 is 0.971 bits per heavy atom. The van der Waals surface area contributed by atoms with E-state index in [0.29, 0.717) is 5.82 Å². The fourth-order valence-corrected chi connectivity index (χ4v) is 4.63. The molecular formula is C28H33N7. The van der Waals surface area contributed by atoms with E-state index in [1.54, 1.807) is 6.20 Å². The number of benzene rings is 1. The van der Waals surface area contributed by atoms with Crippen LogP contribution in [0.2, 0.25) is 0 Å². The lowest BCUT2D eigenvalue weighted by molar-refractivity contribution is 0.627. The van der Waals surface area contributed by atoms with Gasteiger partial charge in [0.25, 0.3) is 0 Å². The van der Waals surface area contributed by atoms with Crippen molar-refractivity contribution in [1.29, 1.82) is 0 Å². The van der Waals surface area contributed by atoms with Crippen molar-refractivity contribution in [3.8, 4) is 17.1 Å². The number of nitrogens with one attached hydrogen (secondary N) is 1. The highest BCUT2D eigenvalue weighted by Gasteiger charge is 2.19. The van der Waals surface area contributed by atoms with Crippen LogP contribution in [0.3, 0.4) is 0 Å². The molecule has 3 aromatic heterocycles. The van der Waals surface area contributed by atoms with E-state index in [0.717, 1.165) is 79.3 Å². The third-order valence-electron chi connectivity index (χ3n) is 6.54. The number of fused-ring (bicyclic) bond motifs is 1. The number of hydrogen-bond donors (Lipinski definition) is 3. The number of unbranched alkanes of at least 4 members (excludes halogenated alkanes) is 1. The molecule has 0 spiro atoms. The van der Waals surface area contributed by atoms with E-state index < -0.39 is 0 Å². The van der Waals surface area contributed by atoms with Gasteiger partial charge in [0, 0.05) is 18.4 Å². The monoisotopic (exact) mass is 467 g/mol. The lowest BCUT2D eigenvalue weighted by Crippen LogP contribution is -2.15. The van der Waals surface area contributed by atoms with Crippen LogP contribution in [0.25, 0.3) is 33.8 Å². The van der Waals surface area contributed by atoms with Gasteiger partial charge < -0.3 is 16.8 Å². The number of hydrogen-bond acceptors (Lipinski definition) is 6. The highest BCUT2D eigenvalue weighted by Crippen LogP contribution is 2.32. The molecule has 0 radical (unpaired) electrons. The van der Waals surface area contributed by atoms with E-state index in [1.807, 2.05) is 12.1 Å². The summed E-state index contributed by atoms with van der Waals surface area (Å²) in [5.74, 6) is 1.21. The zero-order valence-corrected chi connectivity index (χ0v) is 20.1. The number of anilines is 1. The van der Waals surface area contributed by atoms with Crippen molar-refractivity contribution in [2.24, 2.45) is 5.73 Å². The molecule has 0 saturated heterocycles. The van der Waals surface area contributed by atoms with Gasteiger partial charge in [-0.25, -0.2) is 15.0 Å². The van der Waals surface area contributed by atoms with Crippen molar-refractivity contribution in [3.63, 3.8) is 0 Å². The molecule has 5 rings (SSSR count). The van der Waals surface area contributed by atoms with Gasteiger partial charge in [-0.2, -0.15) is 0 Å². The Balaban J connectivity index is 1.54. The summed E-state index contributed by atoms with van der Waals surface area (Å²) >= 11 is 0. The van der Waals surface area contributed by atoms with Crippen LogP contribution in [0.15, 0.2) is 60.8 Å². The second-order valence-electron chi connectivity index (χ2n) is 9.06. The van der Waals surface area contributed by atoms with Crippen LogP contribution in [0, 0.1) is 0 Å². The maximum absolute atomic E-state index is 6.27. The topological polar surface area (TPSA) is 108 Å². The molecule has 0 unspecified atom stereocenters. The summed E-state index contributed by atoms with van der Waals surface area (Å²) in [6.07, 6.45) is 10.8. The minimum absolute atomic E-state index is 0.456. The normalized spacial score (nSPS) is 13.8. The molecule has 0 bridgehead atoms. The van der Waals surface area contributed by atoms with E-state index in [4.69, 9.17) is 21.4 Å². The Kier molecular flexibility index (Phi) is 7.16. The first kappa shape index (κ1) is 23.2. The molecule has 0 saturated carbocycles. The van der Waals surface area contributed by atoms with E-state index in [9.17, 15) is 0 Å². The molecule has 0 fully saturated rings. The first-order valence-corrected chi connectivity index (χ1v) is 12.5. The largest absolute Gasteiger partial charge is 0.383 e. The zero-order valence-electron chi connectivity index (χ0n) is 20.1. The number of nitrogens with zero attached hydrogens (tertiary/aromatic N) is 4. The van der Waals surface area contributed by atoms with Crippen molar-refractivity contribution < 1.29 is 0 Å². The summed E-state index contributed by atoms with van der Waals surface area (Å²) < 4.78 is 2.11. The van der Waals surface area contributed by atoms with Gasteiger partial charge in [-0.1, -0.05) is 18.2 Å². The average Bonchev–Trinajstić information content (AvgIpc) is 3.28. The van der Waals surface area contributed by atoms with Gasteiger partial charge in [0.1, 0.15) is 11.3 Å². The first-order chi connectivity index (χ1) is 17.2. The van der Waals surface area contributed by atoms with Crippen molar-refractivity contribution in [2.45, 2.75) is 45.1 Å². The molecular weight excluding hydrogens is 434 g/mol. The Labute approximate surface area is 206 Å². The number of aromatic nitrogens is 4. The van der Waals surface area contributed by atoms with E-state index in [-0.39, 0.29) is 0 Å². The number of imidazole rings is 1. The number of nitrogens with two attached hydrogens (primary N) is 2. The second-order valence-corrected chi connectivity index (χ2v) is 9.06. The van der Waals surface area contributed by atoms with Crippen molar-refractivity contribution in [3.05, 3.63) is 72.1 Å². The lowest BCUT2D eigenvalue weighted by atomic mass is 9.97. The number of allylic oxidation sites excluding steroid dienone is 2. The van der Waals surface area contributed by atoms with Gasteiger partial charge >= 0.3 is 0 Å². The summed E-state index contributed by atoms with van der Waals surface area (Å²) in [5, 5.41) is 3.49. The Bertz CT molecular complexity index is 1320. The number of rotatable bonds is 9. The molecule has 180 valence electrons. The van der Waals surface area contributed by atoms with Crippen LogP contribution >= 0.6 is 0 Å². The minimum Gasteiger partial charge on any atom is -0.383 e. The standard InChI is InChI=1S/C28H33N7/c29-16-4-5-17-31-19-20-10-12-22(13-11-20)35-27(23-9-6-18-32-26(23)30)34-25-15-14-24(33-28(25)35)21-7-2-1-3-8-21/h6-7,9-15,18,31H,1-5,8,16-17,19,29H2,(H2,30,32). The Morgan fingerprint density at radius 3 is 2.63 bits per heavy atom. The van der Waals surface area contributed by atoms with Gasteiger partial charge in [0.05, 0.1) is 11.3 Å². The van der Waals surface area contributed by atoms with E-state index in [1.165, 1.54) is 24.0 Å². The van der Waals surface area contributed by atoms with E-state index in [2.05, 4.69) is 57.3 Å². The molecule has 7 heteroatoms. The fourth-order valence-electron chi connectivity index (χ4n) is 4.63. The number of nitrogen functional groups attached to an aromatic ring is 1. The summed E-state index contributed by atoms with van der Waals surface area (Å²) in [6.45, 7) is 2.54. The zero-order chi connectivity index (χ0) is 24.0. The minimum atomic E-state index is 0.456. The lowest BCUT2D eigenvalue weighted by Gasteiger charge is -2.14. The maximum atomic E-state index is 6.27. The van der Waals surface area contributed by atoms with Crippen molar-refractivity contribution >= 4 is 22.6 Å². The highest BCUT2D eigenvalue weighted by atomic mass is 15.1. The summed E-state index contributed by atoms with van der Waals surface area (Å²) in [6, 6.07) is 16.6. The second kappa shape index (κ2) is 10.8. The van der Waals surface area contributed by atoms with E-state index >= 15 is 0 Å². The maximum Gasteiger partial charge on any atom is 0.165 e. The Hall–Kier alpha value is -3.55. The summed E-state index contributed by atoms with van der Waals surface area (Å²) in [4.78, 5) is 14.3. The molecule has 1 aromatic carbocycles. The van der Waals surface area contributed by atoms with Gasteiger partial charge in [-0.15, -0.1) is 0 Å².